The average molecular weight is 331 g/mol. The van der Waals surface area contributed by atoms with E-state index in [0.717, 1.165) is 11.1 Å². The molecule has 0 fully saturated rings. The maximum absolute atomic E-state index is 12.3. The first-order valence-electron chi connectivity index (χ1n) is 7.30. The Morgan fingerprint density at radius 2 is 1.65 bits per heavy atom. The van der Waals surface area contributed by atoms with E-state index in [9.17, 15) is 14.7 Å². The van der Waals surface area contributed by atoms with Gasteiger partial charge in [-0.3, -0.25) is 4.79 Å². The summed E-state index contributed by atoms with van der Waals surface area (Å²) in [6.07, 6.45) is 0.00895. The number of rotatable bonds is 7. The van der Waals surface area contributed by atoms with Crippen LogP contribution < -0.4 is 10.4 Å². The highest BCUT2D eigenvalue weighted by molar-refractivity contribution is 6.30. The maximum atomic E-state index is 12.3. The summed E-state index contributed by atoms with van der Waals surface area (Å²) in [4.78, 5) is 23.2. The molecule has 0 aliphatic rings. The molecular formula is C18H17ClNO3-. The van der Waals surface area contributed by atoms with E-state index in [1.165, 1.54) is 0 Å². The number of carboxylic acid groups (broad SMARTS) is 1. The molecule has 120 valence electrons. The molecule has 0 saturated heterocycles. The fourth-order valence-electron chi connectivity index (χ4n) is 2.29. The number of nitrogens with one attached hydrogen (secondary N) is 1. The number of benzene rings is 2. The molecule has 1 atom stereocenters. The summed E-state index contributed by atoms with van der Waals surface area (Å²) in [5.41, 5.74) is 1.81. The second-order valence-electron chi connectivity index (χ2n) is 5.31. The summed E-state index contributed by atoms with van der Waals surface area (Å²) < 4.78 is 0. The van der Waals surface area contributed by atoms with Gasteiger partial charge in [0, 0.05) is 23.5 Å². The lowest BCUT2D eigenvalue weighted by atomic mass is 9.95. The third-order valence-electron chi connectivity index (χ3n) is 3.49. The minimum atomic E-state index is -1.24. The Hall–Kier alpha value is -2.33. The normalized spacial score (nSPS) is 11.7. The van der Waals surface area contributed by atoms with Crippen molar-refractivity contribution in [2.24, 2.45) is 5.92 Å². The van der Waals surface area contributed by atoms with Gasteiger partial charge < -0.3 is 15.2 Å². The summed E-state index contributed by atoms with van der Waals surface area (Å²) in [6.45, 7) is 0.365. The maximum Gasteiger partial charge on any atom is 0.224 e. The predicted octanol–water partition coefficient (Wildman–Crippen LogP) is 1.96. The largest absolute Gasteiger partial charge is 0.550 e. The second kappa shape index (κ2) is 8.34. The van der Waals surface area contributed by atoms with Gasteiger partial charge in [0.1, 0.15) is 0 Å². The van der Waals surface area contributed by atoms with E-state index >= 15 is 0 Å². The highest BCUT2D eigenvalue weighted by Crippen LogP contribution is 2.16. The van der Waals surface area contributed by atoms with Crippen LogP contribution in [0, 0.1) is 5.92 Å². The van der Waals surface area contributed by atoms with Crippen LogP contribution in [0.1, 0.15) is 17.5 Å². The summed E-state index contributed by atoms with van der Waals surface area (Å²) in [6, 6.07) is 16.5. The van der Waals surface area contributed by atoms with Gasteiger partial charge in [-0.15, -0.1) is 0 Å². The van der Waals surface area contributed by atoms with Crippen molar-refractivity contribution >= 4 is 23.5 Å². The minimum absolute atomic E-state index is 0.298. The quantitative estimate of drug-likeness (QED) is 0.843. The second-order valence-corrected chi connectivity index (χ2v) is 5.74. The zero-order chi connectivity index (χ0) is 16.7. The molecular weight excluding hydrogens is 314 g/mol. The monoisotopic (exact) mass is 330 g/mol. The van der Waals surface area contributed by atoms with Crippen LogP contribution in [-0.4, -0.2) is 11.9 Å². The van der Waals surface area contributed by atoms with Gasteiger partial charge in [-0.2, -0.15) is 0 Å². The number of hydrogen-bond acceptors (Lipinski definition) is 3. The Morgan fingerprint density at radius 3 is 2.26 bits per heavy atom. The van der Waals surface area contributed by atoms with E-state index in [-0.39, 0.29) is 12.3 Å². The van der Waals surface area contributed by atoms with Crippen LogP contribution in [-0.2, 0) is 22.6 Å². The van der Waals surface area contributed by atoms with Crippen LogP contribution in [0.25, 0.3) is 0 Å². The Balaban J connectivity index is 2.00. The number of amides is 1. The molecule has 2 rings (SSSR count). The average Bonchev–Trinajstić information content (AvgIpc) is 2.54. The summed E-state index contributed by atoms with van der Waals surface area (Å²) in [7, 11) is 0. The number of carboxylic acids is 1. The van der Waals surface area contributed by atoms with Crippen LogP contribution in [0.5, 0.6) is 0 Å². The van der Waals surface area contributed by atoms with E-state index in [1.807, 2.05) is 30.3 Å². The molecule has 0 bridgehead atoms. The van der Waals surface area contributed by atoms with E-state index in [4.69, 9.17) is 11.6 Å². The number of halogens is 1. The van der Waals surface area contributed by atoms with Crippen molar-refractivity contribution in [3.05, 3.63) is 70.7 Å². The Labute approximate surface area is 140 Å². The molecule has 2 aromatic rings. The summed E-state index contributed by atoms with van der Waals surface area (Å²) in [5.74, 6) is -2.21. The fourth-order valence-corrected chi connectivity index (χ4v) is 2.42. The van der Waals surface area contributed by atoms with Crippen molar-refractivity contribution in [2.75, 3.05) is 0 Å². The molecule has 0 aliphatic carbocycles. The number of carbonyl (C=O) groups is 2. The smallest absolute Gasteiger partial charge is 0.224 e. The van der Waals surface area contributed by atoms with Crippen LogP contribution in [0.3, 0.4) is 0 Å². The van der Waals surface area contributed by atoms with Gasteiger partial charge in [0.15, 0.2) is 0 Å². The van der Waals surface area contributed by atoms with Crippen molar-refractivity contribution in [2.45, 2.75) is 19.4 Å². The van der Waals surface area contributed by atoms with Crippen LogP contribution in [0.15, 0.2) is 54.6 Å². The summed E-state index contributed by atoms with van der Waals surface area (Å²) in [5, 5.41) is 14.3. The third kappa shape index (κ3) is 5.75. The molecule has 0 radical (unpaired) electrons. The van der Waals surface area contributed by atoms with Crippen molar-refractivity contribution in [1.82, 2.24) is 5.32 Å². The van der Waals surface area contributed by atoms with Gasteiger partial charge in [0.2, 0.25) is 5.91 Å². The first-order valence-corrected chi connectivity index (χ1v) is 7.68. The molecule has 1 N–H and O–H groups in total. The topological polar surface area (TPSA) is 69.2 Å². The molecule has 1 amide bonds. The Kier molecular flexibility index (Phi) is 6.18. The Morgan fingerprint density at radius 1 is 1.00 bits per heavy atom. The van der Waals surface area contributed by atoms with Crippen molar-refractivity contribution in [3.8, 4) is 0 Å². The lowest BCUT2D eigenvalue weighted by Crippen LogP contribution is -2.36. The first-order chi connectivity index (χ1) is 11.0. The molecule has 23 heavy (non-hydrogen) atoms. The van der Waals surface area contributed by atoms with Gasteiger partial charge in [0.25, 0.3) is 0 Å². The molecule has 0 aliphatic heterocycles. The van der Waals surface area contributed by atoms with Gasteiger partial charge >= 0.3 is 0 Å². The molecule has 0 spiro atoms. The van der Waals surface area contributed by atoms with Gasteiger partial charge in [0.05, 0.1) is 0 Å². The van der Waals surface area contributed by atoms with Gasteiger partial charge in [-0.1, -0.05) is 54.1 Å². The summed E-state index contributed by atoms with van der Waals surface area (Å²) >= 11 is 5.83. The van der Waals surface area contributed by atoms with E-state index in [2.05, 4.69) is 5.32 Å². The SMILES string of the molecule is O=C([O-])C[C@@H](Cc1ccc(Cl)cc1)C(=O)NCc1ccccc1. The van der Waals surface area contributed by atoms with Crippen molar-refractivity contribution in [3.63, 3.8) is 0 Å². The predicted molar refractivity (Wildman–Crippen MR) is 86.6 cm³/mol. The van der Waals surface area contributed by atoms with E-state index < -0.39 is 11.9 Å². The molecule has 0 heterocycles. The van der Waals surface area contributed by atoms with Gasteiger partial charge in [-0.05, 0) is 36.1 Å². The number of carbonyl (C=O) groups excluding carboxylic acids is 2. The Bertz CT molecular complexity index is 656. The molecule has 4 nitrogen and oxygen atoms in total. The molecule has 2 aromatic carbocycles. The zero-order valence-corrected chi connectivity index (χ0v) is 13.3. The lowest BCUT2D eigenvalue weighted by molar-refractivity contribution is -0.306. The van der Waals surface area contributed by atoms with Crippen LogP contribution in [0.4, 0.5) is 0 Å². The molecule has 5 heteroatoms. The fraction of sp³-hybridized carbons (Fsp3) is 0.222. The van der Waals surface area contributed by atoms with Gasteiger partial charge in [-0.25, -0.2) is 0 Å². The number of hydrogen-bond donors (Lipinski definition) is 1. The standard InChI is InChI=1S/C18H18ClNO3/c19-16-8-6-13(7-9-16)10-15(11-17(21)22)18(23)20-12-14-4-2-1-3-5-14/h1-9,15H,10-12H2,(H,20,23)(H,21,22)/p-1/t15-/m1/s1. The third-order valence-corrected chi connectivity index (χ3v) is 3.74. The van der Waals surface area contributed by atoms with Crippen molar-refractivity contribution < 1.29 is 14.7 Å². The first kappa shape index (κ1) is 17.0. The van der Waals surface area contributed by atoms with E-state index in [1.54, 1.807) is 24.3 Å². The number of aliphatic carboxylic acids is 1. The highest BCUT2D eigenvalue weighted by atomic mass is 35.5. The molecule has 0 aromatic heterocycles. The molecule has 0 saturated carbocycles. The lowest BCUT2D eigenvalue weighted by Gasteiger charge is -2.17. The molecule has 0 unspecified atom stereocenters. The van der Waals surface area contributed by atoms with E-state index in [0.29, 0.717) is 18.0 Å². The van der Waals surface area contributed by atoms with Crippen LogP contribution in [0.2, 0.25) is 5.02 Å². The van der Waals surface area contributed by atoms with Crippen LogP contribution >= 0.6 is 11.6 Å². The zero-order valence-electron chi connectivity index (χ0n) is 12.5. The minimum Gasteiger partial charge on any atom is -0.550 e. The highest BCUT2D eigenvalue weighted by Gasteiger charge is 2.19. The van der Waals surface area contributed by atoms with Crippen molar-refractivity contribution in [1.29, 1.82) is 0 Å².